The van der Waals surface area contributed by atoms with E-state index in [1.807, 2.05) is 35.2 Å². The molecule has 1 aromatic heterocycles. The van der Waals surface area contributed by atoms with Gasteiger partial charge in [0, 0.05) is 24.3 Å². The number of methoxy groups -OCH3 is 1. The molecule has 3 rings (SSSR count). The summed E-state index contributed by atoms with van der Waals surface area (Å²) in [5.74, 6) is 2.38. The summed E-state index contributed by atoms with van der Waals surface area (Å²) in [5, 5.41) is 3.23. The van der Waals surface area contributed by atoms with Gasteiger partial charge in [-0.15, -0.1) is 0 Å². The Bertz CT molecular complexity index is 764. The molecule has 150 valence electrons. The van der Waals surface area contributed by atoms with E-state index in [-0.39, 0.29) is 5.91 Å². The molecule has 0 spiro atoms. The number of hydrogen-bond acceptors (Lipinski definition) is 5. The van der Waals surface area contributed by atoms with Crippen molar-refractivity contribution in [3.05, 3.63) is 48.2 Å². The third-order valence-corrected chi connectivity index (χ3v) is 5.10. The molecule has 6 nitrogen and oxygen atoms in total. The first-order valence-corrected chi connectivity index (χ1v) is 9.99. The van der Waals surface area contributed by atoms with Crippen LogP contribution in [0.4, 0.5) is 5.82 Å². The van der Waals surface area contributed by atoms with Crippen molar-refractivity contribution < 1.29 is 14.3 Å². The van der Waals surface area contributed by atoms with Crippen LogP contribution in [-0.4, -0.2) is 48.6 Å². The molecule has 1 N–H and O–H groups in total. The van der Waals surface area contributed by atoms with Gasteiger partial charge in [-0.25, -0.2) is 4.98 Å². The van der Waals surface area contributed by atoms with Crippen LogP contribution < -0.4 is 14.8 Å². The number of ether oxygens (including phenoxy) is 2. The fourth-order valence-corrected chi connectivity index (χ4v) is 3.54. The molecule has 1 aliphatic heterocycles. The Balaban J connectivity index is 1.52. The number of rotatable bonds is 8. The van der Waals surface area contributed by atoms with Crippen LogP contribution in [0.3, 0.4) is 0 Å². The average Bonchev–Trinajstić information content (AvgIpc) is 2.76. The summed E-state index contributed by atoms with van der Waals surface area (Å²) >= 11 is 0. The van der Waals surface area contributed by atoms with Crippen molar-refractivity contribution in [2.24, 2.45) is 0 Å². The van der Waals surface area contributed by atoms with Crippen LogP contribution in [0.5, 0.6) is 11.5 Å². The number of pyridine rings is 1. The molecule has 28 heavy (non-hydrogen) atoms. The van der Waals surface area contributed by atoms with Crippen LogP contribution in [0.1, 0.15) is 43.0 Å². The van der Waals surface area contributed by atoms with Gasteiger partial charge in [-0.05, 0) is 62.1 Å². The Labute approximate surface area is 166 Å². The van der Waals surface area contributed by atoms with Crippen LogP contribution in [0, 0.1) is 0 Å². The highest BCUT2D eigenvalue weighted by molar-refractivity contribution is 5.95. The van der Waals surface area contributed by atoms with Crippen molar-refractivity contribution in [1.82, 2.24) is 9.88 Å². The van der Waals surface area contributed by atoms with E-state index >= 15 is 0 Å². The molecule has 0 radical (unpaired) electrons. The molecule has 6 heteroatoms. The number of carbonyl (C=O) groups is 1. The molecule has 1 aromatic carbocycles. The lowest BCUT2D eigenvalue weighted by Crippen LogP contribution is -2.43. The van der Waals surface area contributed by atoms with Gasteiger partial charge in [0.1, 0.15) is 23.9 Å². The van der Waals surface area contributed by atoms with Crippen molar-refractivity contribution in [2.45, 2.75) is 38.6 Å². The van der Waals surface area contributed by atoms with E-state index in [4.69, 9.17) is 9.47 Å². The highest BCUT2D eigenvalue weighted by Gasteiger charge is 2.26. The fourth-order valence-electron chi connectivity index (χ4n) is 3.54. The predicted octanol–water partition coefficient (Wildman–Crippen LogP) is 3.99. The fraction of sp³-hybridized carbons (Fsp3) is 0.455. The SMILES string of the molecule is CCC1CCCCN1C(=O)c1ccnc(NCCOc2ccc(OC)cc2)c1. The zero-order valence-electron chi connectivity index (χ0n) is 16.7. The molecule has 2 heterocycles. The summed E-state index contributed by atoms with van der Waals surface area (Å²) < 4.78 is 10.8. The molecule has 1 amide bonds. The Kier molecular flexibility index (Phi) is 7.12. The van der Waals surface area contributed by atoms with Crippen molar-refractivity contribution in [2.75, 3.05) is 32.1 Å². The van der Waals surface area contributed by atoms with Gasteiger partial charge in [-0.2, -0.15) is 0 Å². The van der Waals surface area contributed by atoms with E-state index in [2.05, 4.69) is 17.2 Å². The second kappa shape index (κ2) is 9.97. The molecule has 1 saturated heterocycles. The summed E-state index contributed by atoms with van der Waals surface area (Å²) in [6, 6.07) is 11.5. The van der Waals surface area contributed by atoms with E-state index in [0.29, 0.717) is 30.6 Å². The maximum atomic E-state index is 12.9. The standard InChI is InChI=1S/C22H29N3O3/c1-3-18-6-4-5-14-25(18)22(26)17-11-12-23-21(16-17)24-13-15-28-20-9-7-19(27-2)8-10-20/h7-12,16,18H,3-6,13-15H2,1-2H3,(H,23,24). The van der Waals surface area contributed by atoms with Crippen molar-refractivity contribution in [3.63, 3.8) is 0 Å². The van der Waals surface area contributed by atoms with E-state index < -0.39 is 0 Å². The van der Waals surface area contributed by atoms with Crippen molar-refractivity contribution >= 4 is 11.7 Å². The number of benzene rings is 1. The molecule has 0 aliphatic carbocycles. The predicted molar refractivity (Wildman–Crippen MR) is 110 cm³/mol. The van der Waals surface area contributed by atoms with E-state index in [1.165, 1.54) is 6.42 Å². The lowest BCUT2D eigenvalue weighted by molar-refractivity contribution is 0.0608. The number of nitrogens with one attached hydrogen (secondary N) is 1. The van der Waals surface area contributed by atoms with Gasteiger partial charge in [0.25, 0.3) is 5.91 Å². The molecular formula is C22H29N3O3. The van der Waals surface area contributed by atoms with E-state index in [1.54, 1.807) is 19.4 Å². The lowest BCUT2D eigenvalue weighted by atomic mass is 9.99. The molecule has 0 saturated carbocycles. The first kappa shape index (κ1) is 20.0. The molecule has 2 aromatic rings. The maximum absolute atomic E-state index is 12.9. The van der Waals surface area contributed by atoms with Gasteiger partial charge >= 0.3 is 0 Å². The molecule has 1 aliphatic rings. The topological polar surface area (TPSA) is 63.7 Å². The number of piperidine rings is 1. The minimum Gasteiger partial charge on any atom is -0.497 e. The third kappa shape index (κ3) is 5.15. The third-order valence-electron chi connectivity index (χ3n) is 5.10. The van der Waals surface area contributed by atoms with Crippen molar-refractivity contribution in [1.29, 1.82) is 0 Å². The lowest BCUT2D eigenvalue weighted by Gasteiger charge is -2.35. The van der Waals surface area contributed by atoms with Crippen LogP contribution in [-0.2, 0) is 0 Å². The van der Waals surface area contributed by atoms with Gasteiger partial charge in [0.05, 0.1) is 13.7 Å². The Morgan fingerprint density at radius 2 is 2.00 bits per heavy atom. The Morgan fingerprint density at radius 1 is 1.21 bits per heavy atom. The minimum absolute atomic E-state index is 0.103. The first-order chi connectivity index (χ1) is 13.7. The smallest absolute Gasteiger partial charge is 0.254 e. The van der Waals surface area contributed by atoms with Gasteiger partial charge in [-0.3, -0.25) is 4.79 Å². The summed E-state index contributed by atoms with van der Waals surface area (Å²) in [6.07, 6.45) is 6.08. The number of likely N-dealkylation sites (tertiary alicyclic amines) is 1. The number of nitrogens with zero attached hydrogens (tertiary/aromatic N) is 2. The monoisotopic (exact) mass is 383 g/mol. The summed E-state index contributed by atoms with van der Waals surface area (Å²) in [4.78, 5) is 19.3. The number of anilines is 1. The van der Waals surface area contributed by atoms with Crippen molar-refractivity contribution in [3.8, 4) is 11.5 Å². The molecule has 0 bridgehead atoms. The van der Waals surface area contributed by atoms with Crippen LogP contribution in [0.15, 0.2) is 42.6 Å². The first-order valence-electron chi connectivity index (χ1n) is 9.99. The van der Waals surface area contributed by atoms with E-state index in [0.717, 1.165) is 37.3 Å². The normalized spacial score (nSPS) is 16.5. The summed E-state index contributed by atoms with van der Waals surface area (Å²) in [6.45, 7) is 4.09. The zero-order chi connectivity index (χ0) is 19.8. The second-order valence-corrected chi connectivity index (χ2v) is 6.94. The highest BCUT2D eigenvalue weighted by Crippen LogP contribution is 2.22. The molecule has 1 atom stereocenters. The van der Waals surface area contributed by atoms with Gasteiger partial charge in [0.15, 0.2) is 0 Å². The maximum Gasteiger partial charge on any atom is 0.254 e. The Morgan fingerprint density at radius 3 is 2.75 bits per heavy atom. The van der Waals surface area contributed by atoms with Gasteiger partial charge in [-0.1, -0.05) is 6.92 Å². The van der Waals surface area contributed by atoms with Crippen LogP contribution >= 0.6 is 0 Å². The molecule has 1 unspecified atom stereocenters. The number of aromatic nitrogens is 1. The van der Waals surface area contributed by atoms with E-state index in [9.17, 15) is 4.79 Å². The summed E-state index contributed by atoms with van der Waals surface area (Å²) in [7, 11) is 1.64. The number of carbonyl (C=O) groups excluding carboxylic acids is 1. The van der Waals surface area contributed by atoms with Gasteiger partial charge < -0.3 is 19.7 Å². The second-order valence-electron chi connectivity index (χ2n) is 6.94. The average molecular weight is 383 g/mol. The zero-order valence-corrected chi connectivity index (χ0v) is 16.7. The highest BCUT2D eigenvalue weighted by atomic mass is 16.5. The quantitative estimate of drug-likeness (QED) is 0.699. The molecular weight excluding hydrogens is 354 g/mol. The number of amides is 1. The van der Waals surface area contributed by atoms with Crippen LogP contribution in [0.25, 0.3) is 0 Å². The molecule has 1 fully saturated rings. The largest absolute Gasteiger partial charge is 0.497 e. The van der Waals surface area contributed by atoms with Crippen LogP contribution in [0.2, 0.25) is 0 Å². The summed E-state index contributed by atoms with van der Waals surface area (Å²) in [5.41, 5.74) is 0.689. The number of hydrogen-bond donors (Lipinski definition) is 1. The minimum atomic E-state index is 0.103. The Hall–Kier alpha value is -2.76. The van der Waals surface area contributed by atoms with Gasteiger partial charge in [0.2, 0.25) is 0 Å².